The van der Waals surface area contributed by atoms with Crippen molar-refractivity contribution in [1.29, 1.82) is 0 Å². The van der Waals surface area contributed by atoms with Gasteiger partial charge in [0.1, 0.15) is 0 Å². The number of benzene rings is 2. The van der Waals surface area contributed by atoms with Crippen molar-refractivity contribution in [3.63, 3.8) is 0 Å². The summed E-state index contributed by atoms with van der Waals surface area (Å²) in [6, 6.07) is 3.83. The van der Waals surface area contributed by atoms with Crippen LogP contribution in [0.25, 0.3) is 11.1 Å². The van der Waals surface area contributed by atoms with Crippen LogP contribution in [0.15, 0.2) is 12.1 Å². The van der Waals surface area contributed by atoms with Gasteiger partial charge in [-0.05, 0) is 36.1 Å². The number of carbonyl (C=O) groups excluding carboxylic acids is 1. The quantitative estimate of drug-likeness (QED) is 0.628. The summed E-state index contributed by atoms with van der Waals surface area (Å²) in [4.78, 5) is 12.6. The lowest BCUT2D eigenvalue weighted by Crippen LogP contribution is -2.23. The third-order valence-electron chi connectivity index (χ3n) is 6.31. The van der Waals surface area contributed by atoms with E-state index in [1.165, 1.54) is 0 Å². The topological polar surface area (TPSA) is 81.7 Å². The van der Waals surface area contributed by atoms with Crippen LogP contribution in [0, 0.1) is 11.8 Å². The van der Waals surface area contributed by atoms with E-state index in [0.29, 0.717) is 53.9 Å². The molecular weight excluding hydrogens is 416 g/mol. The Morgan fingerprint density at radius 1 is 0.688 bits per heavy atom. The molecule has 0 amide bonds. The number of esters is 1. The molecule has 2 aliphatic rings. The van der Waals surface area contributed by atoms with E-state index in [0.717, 1.165) is 22.3 Å². The first-order valence-corrected chi connectivity index (χ1v) is 10.3. The summed E-state index contributed by atoms with van der Waals surface area (Å²) < 4.78 is 39.7. The molecule has 0 saturated carbocycles. The zero-order chi connectivity index (χ0) is 23.0. The van der Waals surface area contributed by atoms with Gasteiger partial charge in [-0.3, -0.25) is 4.79 Å². The van der Waals surface area contributed by atoms with Gasteiger partial charge >= 0.3 is 5.97 Å². The third-order valence-corrected chi connectivity index (χ3v) is 6.31. The molecule has 8 heteroatoms. The maximum Gasteiger partial charge on any atom is 0.309 e. The molecule has 1 aliphatic carbocycles. The Morgan fingerprint density at radius 3 is 1.59 bits per heavy atom. The average molecular weight is 444 g/mol. The highest BCUT2D eigenvalue weighted by molar-refractivity contribution is 5.89. The van der Waals surface area contributed by atoms with E-state index in [2.05, 4.69) is 0 Å². The Bertz CT molecular complexity index is 1050. The van der Waals surface area contributed by atoms with Crippen LogP contribution in [0.1, 0.15) is 11.1 Å². The molecule has 0 N–H and O–H groups in total. The fourth-order valence-corrected chi connectivity index (χ4v) is 4.86. The van der Waals surface area contributed by atoms with Gasteiger partial charge in [-0.2, -0.15) is 0 Å². The molecule has 0 unspecified atom stereocenters. The van der Waals surface area contributed by atoms with Crippen molar-refractivity contribution in [3.8, 4) is 45.6 Å². The molecule has 2 atom stereocenters. The van der Waals surface area contributed by atoms with E-state index in [1.807, 2.05) is 12.1 Å². The molecule has 0 spiro atoms. The molecule has 2 aromatic carbocycles. The molecule has 1 aliphatic heterocycles. The fraction of sp³-hybridized carbons (Fsp3) is 0.458. The Balaban J connectivity index is 2.14. The lowest BCUT2D eigenvalue weighted by Gasteiger charge is -2.29. The van der Waals surface area contributed by atoms with E-state index < -0.39 is 0 Å². The van der Waals surface area contributed by atoms with Gasteiger partial charge in [0.25, 0.3) is 0 Å². The Kier molecular flexibility index (Phi) is 5.95. The summed E-state index contributed by atoms with van der Waals surface area (Å²) in [7, 11) is 9.46. The number of hydrogen-bond donors (Lipinski definition) is 0. The average Bonchev–Trinajstić information content (AvgIpc) is 3.14. The summed E-state index contributed by atoms with van der Waals surface area (Å²) in [5, 5.41) is 0. The molecule has 0 radical (unpaired) electrons. The number of carbonyl (C=O) groups is 1. The Labute approximate surface area is 187 Å². The summed E-state index contributed by atoms with van der Waals surface area (Å²) in [6.45, 7) is 0.374. The number of cyclic esters (lactones) is 1. The summed E-state index contributed by atoms with van der Waals surface area (Å²) in [5.41, 5.74) is 3.41. The SMILES string of the molecule is COc1cc2c(c(OC)c1OC)-c1c(cc(OC)c(OC)c1OC)C[C@H]1C(=O)OC[C@@H]1C2. The number of rotatable bonds is 6. The van der Waals surface area contributed by atoms with Gasteiger partial charge in [0, 0.05) is 17.0 Å². The molecular formula is C24H28O8. The van der Waals surface area contributed by atoms with Gasteiger partial charge in [0.05, 0.1) is 55.2 Å². The summed E-state index contributed by atoms with van der Waals surface area (Å²) >= 11 is 0. The highest BCUT2D eigenvalue weighted by Gasteiger charge is 2.41. The lowest BCUT2D eigenvalue weighted by molar-refractivity contribution is -0.141. The number of hydrogen-bond acceptors (Lipinski definition) is 8. The zero-order valence-corrected chi connectivity index (χ0v) is 19.2. The molecule has 172 valence electrons. The minimum atomic E-state index is -0.274. The number of fused-ring (bicyclic) bond motifs is 4. The van der Waals surface area contributed by atoms with Crippen molar-refractivity contribution in [2.75, 3.05) is 49.3 Å². The van der Waals surface area contributed by atoms with Crippen LogP contribution in [-0.2, 0) is 22.4 Å². The van der Waals surface area contributed by atoms with Crippen molar-refractivity contribution in [2.24, 2.45) is 11.8 Å². The van der Waals surface area contributed by atoms with Gasteiger partial charge < -0.3 is 33.2 Å². The molecule has 1 fully saturated rings. The van der Waals surface area contributed by atoms with Gasteiger partial charge in [-0.1, -0.05) is 0 Å². The predicted molar refractivity (Wildman–Crippen MR) is 117 cm³/mol. The van der Waals surface area contributed by atoms with E-state index in [9.17, 15) is 4.79 Å². The van der Waals surface area contributed by atoms with Crippen LogP contribution in [-0.4, -0.2) is 55.2 Å². The molecule has 0 aromatic heterocycles. The molecule has 1 heterocycles. The first-order chi connectivity index (χ1) is 15.5. The number of methoxy groups -OCH3 is 6. The van der Waals surface area contributed by atoms with Crippen LogP contribution in [0.3, 0.4) is 0 Å². The monoisotopic (exact) mass is 444 g/mol. The van der Waals surface area contributed by atoms with Crippen LogP contribution >= 0.6 is 0 Å². The van der Waals surface area contributed by atoms with E-state index in [-0.39, 0.29) is 17.8 Å². The van der Waals surface area contributed by atoms with Crippen molar-refractivity contribution < 1.29 is 38.0 Å². The van der Waals surface area contributed by atoms with Crippen LogP contribution < -0.4 is 28.4 Å². The van der Waals surface area contributed by atoms with Crippen molar-refractivity contribution in [1.82, 2.24) is 0 Å². The highest BCUT2D eigenvalue weighted by Crippen LogP contribution is 2.56. The van der Waals surface area contributed by atoms with Crippen LogP contribution in [0.5, 0.6) is 34.5 Å². The second-order valence-corrected chi connectivity index (χ2v) is 7.76. The van der Waals surface area contributed by atoms with Gasteiger partial charge in [-0.25, -0.2) is 0 Å². The standard InChI is InChI=1S/C24H28O8/c1-26-16-9-12-7-14-11-32-24(25)15(14)8-13-10-17(27-2)21(29-4)23(31-6)19(13)18(12)22(30-5)20(16)28-3/h9-10,14-15H,7-8,11H2,1-6H3/t14-,15+/m0/s1. The molecule has 32 heavy (non-hydrogen) atoms. The fourth-order valence-electron chi connectivity index (χ4n) is 4.86. The summed E-state index contributed by atoms with van der Waals surface area (Å²) in [6.07, 6.45) is 1.09. The molecule has 0 bridgehead atoms. The van der Waals surface area contributed by atoms with Gasteiger partial charge in [0.2, 0.25) is 11.5 Å². The summed E-state index contributed by atoms with van der Waals surface area (Å²) in [5.74, 6) is 2.59. The molecule has 2 aromatic rings. The zero-order valence-electron chi connectivity index (χ0n) is 19.2. The van der Waals surface area contributed by atoms with Crippen molar-refractivity contribution in [3.05, 3.63) is 23.3 Å². The van der Waals surface area contributed by atoms with E-state index >= 15 is 0 Å². The minimum absolute atomic E-state index is 0.0244. The molecule has 1 saturated heterocycles. The first kappa shape index (κ1) is 21.9. The van der Waals surface area contributed by atoms with E-state index in [1.54, 1.807) is 42.7 Å². The van der Waals surface area contributed by atoms with Gasteiger partial charge in [0.15, 0.2) is 23.0 Å². The Hall–Kier alpha value is -3.29. The van der Waals surface area contributed by atoms with E-state index in [4.69, 9.17) is 33.2 Å². The first-order valence-electron chi connectivity index (χ1n) is 10.3. The smallest absolute Gasteiger partial charge is 0.309 e. The second kappa shape index (κ2) is 8.68. The van der Waals surface area contributed by atoms with Crippen LogP contribution in [0.4, 0.5) is 0 Å². The van der Waals surface area contributed by atoms with Crippen molar-refractivity contribution >= 4 is 5.97 Å². The van der Waals surface area contributed by atoms with Crippen LogP contribution in [0.2, 0.25) is 0 Å². The molecule has 4 rings (SSSR count). The van der Waals surface area contributed by atoms with Gasteiger partial charge in [-0.15, -0.1) is 0 Å². The maximum absolute atomic E-state index is 12.6. The largest absolute Gasteiger partial charge is 0.493 e. The normalized spacial score (nSPS) is 18.9. The third kappa shape index (κ3) is 3.25. The molecule has 8 nitrogen and oxygen atoms in total. The second-order valence-electron chi connectivity index (χ2n) is 7.76. The highest BCUT2D eigenvalue weighted by atomic mass is 16.5. The maximum atomic E-state index is 12.6. The lowest BCUT2D eigenvalue weighted by atomic mass is 9.77. The minimum Gasteiger partial charge on any atom is -0.493 e. The predicted octanol–water partition coefficient (Wildman–Crippen LogP) is 3.29. The Morgan fingerprint density at radius 2 is 1.16 bits per heavy atom. The van der Waals surface area contributed by atoms with Crippen molar-refractivity contribution in [2.45, 2.75) is 12.8 Å². The number of ether oxygens (including phenoxy) is 7.